The second-order valence-corrected chi connectivity index (χ2v) is 8.66. The third-order valence-electron chi connectivity index (χ3n) is 2.71. The zero-order valence-electron chi connectivity index (χ0n) is 13.4. The topological polar surface area (TPSA) is 131 Å². The van der Waals surface area contributed by atoms with Crippen molar-refractivity contribution < 1.29 is 26.4 Å². The second kappa shape index (κ2) is 8.97. The Morgan fingerprint density at radius 1 is 1.08 bits per heavy atom. The van der Waals surface area contributed by atoms with Gasteiger partial charge in [0.1, 0.15) is 0 Å². The first-order valence-corrected chi connectivity index (χ1v) is 10.3. The van der Waals surface area contributed by atoms with Gasteiger partial charge in [-0.1, -0.05) is 6.07 Å². The summed E-state index contributed by atoms with van der Waals surface area (Å²) in [7, 11) is -5.94. The number of hydrogen-bond acceptors (Lipinski definition) is 6. The minimum absolute atomic E-state index is 0.0241. The van der Waals surface area contributed by atoms with Crippen LogP contribution in [0, 0.1) is 0 Å². The average Bonchev–Trinajstić information content (AvgIpc) is 2.43. The maximum atomic E-state index is 12.0. The van der Waals surface area contributed by atoms with E-state index in [0.29, 0.717) is 5.69 Å². The normalized spacial score (nSPS) is 11.9. The van der Waals surface area contributed by atoms with Crippen molar-refractivity contribution in [2.45, 2.75) is 6.92 Å². The average molecular weight is 379 g/mol. The van der Waals surface area contributed by atoms with Gasteiger partial charge in [0.25, 0.3) is 0 Å². The van der Waals surface area contributed by atoms with Crippen molar-refractivity contribution in [1.82, 2.24) is 4.72 Å². The highest BCUT2D eigenvalue weighted by atomic mass is 32.2. The Morgan fingerprint density at radius 2 is 1.75 bits per heavy atom. The SMILES string of the molecule is COCCS(=O)(=O)NCCS(=O)(=O)Nc1cccc(NC(C)=O)c1. The predicted molar refractivity (Wildman–Crippen MR) is 91.8 cm³/mol. The van der Waals surface area contributed by atoms with Gasteiger partial charge in [-0.15, -0.1) is 0 Å². The highest BCUT2D eigenvalue weighted by Gasteiger charge is 2.14. The minimum atomic E-state index is -3.74. The van der Waals surface area contributed by atoms with Crippen LogP contribution in [0.2, 0.25) is 0 Å². The number of methoxy groups -OCH3 is 1. The molecule has 136 valence electrons. The molecule has 3 N–H and O–H groups in total. The summed E-state index contributed by atoms with van der Waals surface area (Å²) < 4.78 is 56.2. The molecule has 0 saturated heterocycles. The van der Waals surface area contributed by atoms with Gasteiger partial charge in [0.15, 0.2) is 0 Å². The summed E-state index contributed by atoms with van der Waals surface area (Å²) >= 11 is 0. The standard InChI is InChI=1S/C13H21N3O6S2/c1-11(17)15-12-4-3-5-13(10-12)16-24(20,21)8-6-14-23(18,19)9-7-22-2/h3-5,10,14,16H,6-9H2,1-2H3,(H,15,17). The Balaban J connectivity index is 2.59. The van der Waals surface area contributed by atoms with Crippen molar-refractivity contribution in [2.75, 3.05) is 41.8 Å². The first kappa shape index (κ1) is 20.4. The van der Waals surface area contributed by atoms with E-state index in [1.54, 1.807) is 12.1 Å². The quantitative estimate of drug-likeness (QED) is 0.522. The molecule has 1 aromatic rings. The van der Waals surface area contributed by atoms with Gasteiger partial charge in [-0.05, 0) is 18.2 Å². The first-order valence-electron chi connectivity index (χ1n) is 6.98. The fraction of sp³-hybridized carbons (Fsp3) is 0.462. The molecule has 24 heavy (non-hydrogen) atoms. The van der Waals surface area contributed by atoms with E-state index in [1.807, 2.05) is 0 Å². The number of sulfonamides is 2. The van der Waals surface area contributed by atoms with Crippen LogP contribution < -0.4 is 14.8 Å². The van der Waals surface area contributed by atoms with E-state index in [1.165, 1.54) is 26.2 Å². The molecule has 0 aliphatic carbocycles. The lowest BCUT2D eigenvalue weighted by Gasteiger charge is -2.10. The molecule has 0 saturated carbocycles. The summed E-state index contributed by atoms with van der Waals surface area (Å²) in [4.78, 5) is 11.0. The second-order valence-electron chi connectivity index (χ2n) is 4.89. The predicted octanol–water partition coefficient (Wildman–Crippen LogP) is -0.0475. The van der Waals surface area contributed by atoms with Crippen LogP contribution in [-0.2, 0) is 29.6 Å². The van der Waals surface area contributed by atoms with E-state index in [2.05, 4.69) is 19.5 Å². The lowest BCUT2D eigenvalue weighted by molar-refractivity contribution is -0.114. The van der Waals surface area contributed by atoms with Gasteiger partial charge in [0, 0.05) is 26.3 Å². The molecule has 0 heterocycles. The molecule has 1 aromatic carbocycles. The maximum absolute atomic E-state index is 12.0. The van der Waals surface area contributed by atoms with Gasteiger partial charge in [-0.2, -0.15) is 0 Å². The van der Waals surface area contributed by atoms with Crippen molar-refractivity contribution in [2.24, 2.45) is 0 Å². The van der Waals surface area contributed by atoms with Gasteiger partial charge in [0.2, 0.25) is 26.0 Å². The zero-order chi connectivity index (χ0) is 18.2. The summed E-state index contributed by atoms with van der Waals surface area (Å²) in [6.07, 6.45) is 0. The van der Waals surface area contributed by atoms with Crippen molar-refractivity contribution in [3.8, 4) is 0 Å². The number of ether oxygens (including phenoxy) is 1. The fourth-order valence-electron chi connectivity index (χ4n) is 1.69. The molecule has 0 aliphatic heterocycles. The van der Waals surface area contributed by atoms with Gasteiger partial charge in [-0.3, -0.25) is 9.52 Å². The summed E-state index contributed by atoms with van der Waals surface area (Å²) in [5.41, 5.74) is 0.714. The highest BCUT2D eigenvalue weighted by molar-refractivity contribution is 7.92. The number of hydrogen-bond donors (Lipinski definition) is 3. The Bertz CT molecular complexity index is 762. The zero-order valence-corrected chi connectivity index (χ0v) is 15.0. The molecular formula is C13H21N3O6S2. The molecule has 9 nitrogen and oxygen atoms in total. The molecule has 0 aliphatic rings. The number of benzene rings is 1. The molecule has 0 fully saturated rings. The summed E-state index contributed by atoms with van der Waals surface area (Å²) in [5, 5.41) is 2.54. The molecule has 0 bridgehead atoms. The van der Waals surface area contributed by atoms with E-state index < -0.39 is 25.8 Å². The van der Waals surface area contributed by atoms with Gasteiger partial charge in [-0.25, -0.2) is 21.6 Å². The fourth-order valence-corrected chi connectivity index (χ4v) is 3.72. The molecule has 0 radical (unpaired) electrons. The third-order valence-corrected chi connectivity index (χ3v) is 5.34. The van der Waals surface area contributed by atoms with Crippen LogP contribution in [0.15, 0.2) is 24.3 Å². The van der Waals surface area contributed by atoms with Gasteiger partial charge >= 0.3 is 0 Å². The van der Waals surface area contributed by atoms with E-state index in [4.69, 9.17) is 0 Å². The Morgan fingerprint density at radius 3 is 2.38 bits per heavy atom. The lowest BCUT2D eigenvalue weighted by Crippen LogP contribution is -2.33. The van der Waals surface area contributed by atoms with Crippen molar-refractivity contribution in [1.29, 1.82) is 0 Å². The summed E-state index contributed by atoms with van der Waals surface area (Å²) in [6, 6.07) is 6.17. The monoisotopic (exact) mass is 379 g/mol. The molecule has 11 heteroatoms. The molecule has 0 unspecified atom stereocenters. The molecular weight excluding hydrogens is 358 g/mol. The minimum Gasteiger partial charge on any atom is -0.384 e. The largest absolute Gasteiger partial charge is 0.384 e. The number of rotatable bonds is 10. The molecule has 0 atom stereocenters. The van der Waals surface area contributed by atoms with Gasteiger partial charge in [0.05, 0.1) is 23.8 Å². The lowest BCUT2D eigenvalue weighted by atomic mass is 10.3. The summed E-state index contributed by atoms with van der Waals surface area (Å²) in [5.74, 6) is -0.945. The Hall–Kier alpha value is -1.69. The van der Waals surface area contributed by atoms with E-state index in [0.717, 1.165) is 0 Å². The van der Waals surface area contributed by atoms with Crippen molar-refractivity contribution in [3.05, 3.63) is 24.3 Å². The summed E-state index contributed by atoms with van der Waals surface area (Å²) in [6.45, 7) is 1.11. The number of nitrogens with one attached hydrogen (secondary N) is 3. The molecule has 0 aromatic heterocycles. The van der Waals surface area contributed by atoms with Crippen LogP contribution in [-0.4, -0.2) is 54.5 Å². The molecule has 0 spiro atoms. The molecule has 1 amide bonds. The third kappa shape index (κ3) is 8.24. The van der Waals surface area contributed by atoms with E-state index in [9.17, 15) is 21.6 Å². The van der Waals surface area contributed by atoms with E-state index in [-0.39, 0.29) is 30.5 Å². The first-order chi connectivity index (χ1) is 11.1. The van der Waals surface area contributed by atoms with Gasteiger partial charge < -0.3 is 10.1 Å². The van der Waals surface area contributed by atoms with Crippen LogP contribution in [0.4, 0.5) is 11.4 Å². The number of carbonyl (C=O) groups is 1. The van der Waals surface area contributed by atoms with Crippen LogP contribution >= 0.6 is 0 Å². The smallest absolute Gasteiger partial charge is 0.234 e. The maximum Gasteiger partial charge on any atom is 0.234 e. The van der Waals surface area contributed by atoms with Crippen molar-refractivity contribution >= 4 is 37.3 Å². The van der Waals surface area contributed by atoms with Crippen molar-refractivity contribution in [3.63, 3.8) is 0 Å². The van der Waals surface area contributed by atoms with Crippen LogP contribution in [0.3, 0.4) is 0 Å². The highest BCUT2D eigenvalue weighted by Crippen LogP contribution is 2.16. The number of carbonyl (C=O) groups excluding carboxylic acids is 1. The van der Waals surface area contributed by atoms with E-state index >= 15 is 0 Å². The van der Waals surface area contributed by atoms with Crippen LogP contribution in [0.5, 0.6) is 0 Å². The number of anilines is 2. The Kier molecular flexibility index (Phi) is 7.60. The van der Waals surface area contributed by atoms with Crippen LogP contribution in [0.1, 0.15) is 6.92 Å². The Labute approximate surface area is 141 Å². The number of amides is 1. The molecule has 1 rings (SSSR count). The van der Waals surface area contributed by atoms with Crippen LogP contribution in [0.25, 0.3) is 0 Å².